The van der Waals surface area contributed by atoms with Gasteiger partial charge in [0.25, 0.3) is 5.91 Å². The van der Waals surface area contributed by atoms with Crippen LogP contribution in [0.2, 0.25) is 0 Å². The van der Waals surface area contributed by atoms with Gasteiger partial charge in [-0.1, -0.05) is 0 Å². The van der Waals surface area contributed by atoms with Gasteiger partial charge < -0.3 is 15.1 Å². The number of amides is 3. The van der Waals surface area contributed by atoms with Crippen LogP contribution >= 0.6 is 0 Å². The number of halogens is 3. The normalized spacial score (nSPS) is 22.0. The van der Waals surface area contributed by atoms with Crippen LogP contribution in [-0.2, 0) is 13.2 Å². The highest BCUT2D eigenvalue weighted by atomic mass is 19.4. The Morgan fingerprint density at radius 2 is 2.12 bits per heavy atom. The van der Waals surface area contributed by atoms with Crippen molar-refractivity contribution < 1.29 is 22.8 Å². The van der Waals surface area contributed by atoms with E-state index < -0.39 is 23.3 Å². The second kappa shape index (κ2) is 5.99. The van der Waals surface area contributed by atoms with E-state index >= 15 is 0 Å². The third-order valence-corrected chi connectivity index (χ3v) is 4.34. The number of aryl methyl sites for hydroxylation is 1. The molecule has 0 aromatic carbocycles. The molecule has 3 amide bonds. The highest BCUT2D eigenvalue weighted by Crippen LogP contribution is 2.31. The molecular formula is C14H18F3N5O2. The SMILES string of the molecule is Cn1cc(C(=O)N2CCCC(N3CCNC3=O)C2)c(C(F)(F)F)n1. The maximum atomic E-state index is 13.1. The van der Waals surface area contributed by atoms with Crippen LogP contribution in [0.5, 0.6) is 0 Å². The topological polar surface area (TPSA) is 70.5 Å². The summed E-state index contributed by atoms with van der Waals surface area (Å²) in [6.45, 7) is 1.70. The van der Waals surface area contributed by atoms with E-state index in [1.807, 2.05) is 0 Å². The quantitative estimate of drug-likeness (QED) is 0.872. The number of likely N-dealkylation sites (tertiary alicyclic amines) is 1. The van der Waals surface area contributed by atoms with E-state index in [1.165, 1.54) is 11.9 Å². The van der Waals surface area contributed by atoms with Crippen molar-refractivity contribution in [1.82, 2.24) is 24.9 Å². The molecule has 7 nitrogen and oxygen atoms in total. The molecule has 24 heavy (non-hydrogen) atoms. The summed E-state index contributed by atoms with van der Waals surface area (Å²) < 4.78 is 40.2. The summed E-state index contributed by atoms with van der Waals surface area (Å²) in [5.41, 5.74) is -1.62. The van der Waals surface area contributed by atoms with Gasteiger partial charge in [-0.2, -0.15) is 18.3 Å². The van der Waals surface area contributed by atoms with E-state index in [0.29, 0.717) is 26.1 Å². The predicted octanol–water partition coefficient (Wildman–Crippen LogP) is 1.07. The molecular weight excluding hydrogens is 327 g/mol. The van der Waals surface area contributed by atoms with Crippen molar-refractivity contribution in [3.05, 3.63) is 17.5 Å². The molecule has 0 spiro atoms. The van der Waals surface area contributed by atoms with E-state index in [4.69, 9.17) is 0 Å². The van der Waals surface area contributed by atoms with E-state index in [2.05, 4.69) is 10.4 Å². The molecule has 1 aromatic rings. The summed E-state index contributed by atoms with van der Waals surface area (Å²) in [6, 6.07) is -0.358. The van der Waals surface area contributed by atoms with E-state index in [1.54, 1.807) is 4.90 Å². The maximum Gasteiger partial charge on any atom is 0.435 e. The molecule has 0 radical (unpaired) electrons. The molecule has 10 heteroatoms. The number of carbonyl (C=O) groups is 2. The number of alkyl halides is 3. The predicted molar refractivity (Wildman–Crippen MR) is 77.2 cm³/mol. The number of carbonyl (C=O) groups excluding carboxylic acids is 2. The van der Waals surface area contributed by atoms with Crippen LogP contribution in [0.15, 0.2) is 6.20 Å². The van der Waals surface area contributed by atoms with Crippen molar-refractivity contribution in [3.63, 3.8) is 0 Å². The minimum absolute atomic E-state index is 0.170. The Balaban J connectivity index is 1.79. The van der Waals surface area contributed by atoms with Gasteiger partial charge in [0.05, 0.1) is 11.6 Å². The van der Waals surface area contributed by atoms with E-state index in [0.717, 1.165) is 17.3 Å². The van der Waals surface area contributed by atoms with Gasteiger partial charge in [0.15, 0.2) is 5.69 Å². The number of hydrogen-bond acceptors (Lipinski definition) is 3. The molecule has 1 aromatic heterocycles. The second-order valence-corrected chi connectivity index (χ2v) is 6.04. The van der Waals surface area contributed by atoms with Gasteiger partial charge in [0, 0.05) is 39.4 Å². The lowest BCUT2D eigenvalue weighted by Crippen LogP contribution is -2.50. The Morgan fingerprint density at radius 1 is 1.38 bits per heavy atom. The molecule has 2 aliphatic rings. The average Bonchev–Trinajstić information content (AvgIpc) is 3.12. The van der Waals surface area contributed by atoms with Crippen LogP contribution in [0, 0.1) is 0 Å². The first-order valence-corrected chi connectivity index (χ1v) is 7.72. The van der Waals surface area contributed by atoms with E-state index in [9.17, 15) is 22.8 Å². The molecule has 0 bridgehead atoms. The Kier molecular flexibility index (Phi) is 4.14. The maximum absolute atomic E-state index is 13.1. The molecule has 132 valence electrons. The van der Waals surface area contributed by atoms with Crippen LogP contribution in [0.25, 0.3) is 0 Å². The van der Waals surface area contributed by atoms with Crippen molar-refractivity contribution in [3.8, 4) is 0 Å². The molecule has 0 saturated carbocycles. The van der Waals surface area contributed by atoms with Crippen LogP contribution in [0.4, 0.5) is 18.0 Å². The van der Waals surface area contributed by atoms with Crippen LogP contribution in [0.1, 0.15) is 28.9 Å². The van der Waals surface area contributed by atoms with Gasteiger partial charge in [-0.15, -0.1) is 0 Å². The molecule has 0 aliphatic carbocycles. The summed E-state index contributed by atoms with van der Waals surface area (Å²) in [6.07, 6.45) is -2.22. The Bertz CT molecular complexity index is 657. The van der Waals surface area contributed by atoms with Crippen molar-refractivity contribution in [2.75, 3.05) is 26.2 Å². The van der Waals surface area contributed by atoms with Crippen LogP contribution < -0.4 is 5.32 Å². The van der Waals surface area contributed by atoms with Gasteiger partial charge in [-0.05, 0) is 12.8 Å². The monoisotopic (exact) mass is 345 g/mol. The first-order chi connectivity index (χ1) is 11.3. The zero-order chi connectivity index (χ0) is 17.5. The number of aromatic nitrogens is 2. The zero-order valence-corrected chi connectivity index (χ0v) is 13.1. The molecule has 3 rings (SSSR count). The molecule has 2 saturated heterocycles. The first-order valence-electron chi connectivity index (χ1n) is 7.72. The number of nitrogens with zero attached hydrogens (tertiary/aromatic N) is 4. The lowest BCUT2D eigenvalue weighted by Gasteiger charge is -2.37. The highest BCUT2D eigenvalue weighted by Gasteiger charge is 2.41. The van der Waals surface area contributed by atoms with Crippen molar-refractivity contribution >= 4 is 11.9 Å². The third-order valence-electron chi connectivity index (χ3n) is 4.34. The molecule has 1 atom stereocenters. The summed E-state index contributed by atoms with van der Waals surface area (Å²) in [5.74, 6) is -0.695. The number of hydrogen-bond donors (Lipinski definition) is 1. The largest absolute Gasteiger partial charge is 0.435 e. The van der Waals surface area contributed by atoms with Crippen molar-refractivity contribution in [2.45, 2.75) is 25.1 Å². The standard InChI is InChI=1S/C14H18F3N5O2/c1-20-8-10(11(19-20)14(15,16)17)12(23)21-5-2-3-9(7-21)22-6-4-18-13(22)24/h8-9H,2-7H2,1H3,(H,18,24). The lowest BCUT2D eigenvalue weighted by atomic mass is 10.0. The van der Waals surface area contributed by atoms with Crippen molar-refractivity contribution in [1.29, 1.82) is 0 Å². The van der Waals surface area contributed by atoms with Gasteiger partial charge in [-0.25, -0.2) is 4.79 Å². The zero-order valence-electron chi connectivity index (χ0n) is 13.1. The van der Waals surface area contributed by atoms with Gasteiger partial charge in [0.1, 0.15) is 0 Å². The smallest absolute Gasteiger partial charge is 0.336 e. The fourth-order valence-corrected chi connectivity index (χ4v) is 3.25. The Hall–Kier alpha value is -2.26. The lowest BCUT2D eigenvalue weighted by molar-refractivity contribution is -0.141. The molecule has 2 aliphatic heterocycles. The first kappa shape index (κ1) is 16.6. The summed E-state index contributed by atoms with van der Waals surface area (Å²) in [5, 5.41) is 6.07. The Morgan fingerprint density at radius 3 is 2.75 bits per heavy atom. The summed E-state index contributed by atoms with van der Waals surface area (Å²) >= 11 is 0. The van der Waals surface area contributed by atoms with E-state index in [-0.39, 0.29) is 18.6 Å². The van der Waals surface area contributed by atoms with Crippen LogP contribution in [-0.4, -0.2) is 63.7 Å². The fraction of sp³-hybridized carbons (Fsp3) is 0.643. The average molecular weight is 345 g/mol. The van der Waals surface area contributed by atoms with Gasteiger partial charge in [0.2, 0.25) is 0 Å². The van der Waals surface area contributed by atoms with Crippen LogP contribution in [0.3, 0.4) is 0 Å². The molecule has 2 fully saturated rings. The minimum atomic E-state index is -4.68. The molecule has 1 unspecified atom stereocenters. The summed E-state index contributed by atoms with van der Waals surface area (Å²) in [7, 11) is 1.35. The summed E-state index contributed by atoms with van der Waals surface area (Å²) in [4.78, 5) is 27.4. The van der Waals surface area contributed by atoms with Gasteiger partial charge >= 0.3 is 12.2 Å². The highest BCUT2D eigenvalue weighted by molar-refractivity contribution is 5.95. The Labute approximate surface area is 136 Å². The molecule has 3 heterocycles. The van der Waals surface area contributed by atoms with Crippen molar-refractivity contribution in [2.24, 2.45) is 7.05 Å². The fourth-order valence-electron chi connectivity index (χ4n) is 3.25. The number of piperidine rings is 1. The second-order valence-electron chi connectivity index (χ2n) is 6.04. The molecule has 1 N–H and O–H groups in total. The number of urea groups is 1. The minimum Gasteiger partial charge on any atom is -0.336 e. The number of nitrogens with one attached hydrogen (secondary N) is 1. The number of rotatable bonds is 2. The van der Waals surface area contributed by atoms with Gasteiger partial charge in [-0.3, -0.25) is 9.48 Å². The third kappa shape index (κ3) is 3.04.